The van der Waals surface area contributed by atoms with Crippen molar-refractivity contribution in [3.8, 4) is 6.07 Å². The lowest BCUT2D eigenvalue weighted by Crippen LogP contribution is -2.39. The highest BCUT2D eigenvalue weighted by atomic mass is 35.5. The molecule has 0 aliphatic rings. The zero-order chi connectivity index (χ0) is 15.2. The van der Waals surface area contributed by atoms with E-state index in [9.17, 15) is 4.79 Å². The summed E-state index contributed by atoms with van der Waals surface area (Å²) in [4.78, 5) is 11.6. The molecule has 1 aromatic carbocycles. The summed E-state index contributed by atoms with van der Waals surface area (Å²) in [5, 5.41) is 16.3. The highest BCUT2D eigenvalue weighted by Crippen LogP contribution is 2.28. The van der Waals surface area contributed by atoms with E-state index in [1.807, 2.05) is 43.5 Å². The number of nitriles is 1. The number of nitrogens with one attached hydrogen (secondary N) is 1. The Morgan fingerprint density at radius 3 is 2.86 bits per heavy atom. The Morgan fingerprint density at radius 2 is 2.24 bits per heavy atom. The maximum atomic E-state index is 11.6. The van der Waals surface area contributed by atoms with E-state index < -0.39 is 0 Å². The third-order valence-electron chi connectivity index (χ3n) is 3.14. The van der Waals surface area contributed by atoms with Gasteiger partial charge in [0.25, 0.3) is 0 Å². The van der Waals surface area contributed by atoms with Crippen molar-refractivity contribution in [1.82, 2.24) is 15.1 Å². The summed E-state index contributed by atoms with van der Waals surface area (Å²) in [7, 11) is 0. The largest absolute Gasteiger partial charge is 0.350 e. The van der Waals surface area contributed by atoms with Gasteiger partial charge in [-0.05, 0) is 24.6 Å². The minimum absolute atomic E-state index is 0.168. The molecule has 1 heterocycles. The molecule has 1 N–H and O–H groups in total. The fourth-order valence-electron chi connectivity index (χ4n) is 2.26. The van der Waals surface area contributed by atoms with Gasteiger partial charge in [0.2, 0.25) is 5.91 Å². The minimum atomic E-state index is -0.311. The quantitative estimate of drug-likeness (QED) is 0.922. The van der Waals surface area contributed by atoms with Gasteiger partial charge in [-0.25, -0.2) is 0 Å². The lowest BCUT2D eigenvalue weighted by atomic mass is 10.0. The van der Waals surface area contributed by atoms with Gasteiger partial charge in [0.05, 0.1) is 18.2 Å². The predicted molar refractivity (Wildman–Crippen MR) is 79.7 cm³/mol. The van der Waals surface area contributed by atoms with Crippen LogP contribution in [0, 0.1) is 11.3 Å². The number of benzene rings is 1. The zero-order valence-electron chi connectivity index (χ0n) is 11.5. The topological polar surface area (TPSA) is 70.7 Å². The summed E-state index contributed by atoms with van der Waals surface area (Å²) < 4.78 is 1.75. The van der Waals surface area contributed by atoms with Gasteiger partial charge in [0, 0.05) is 17.4 Å². The first-order valence-corrected chi connectivity index (χ1v) is 6.91. The van der Waals surface area contributed by atoms with Crippen LogP contribution in [0.5, 0.6) is 0 Å². The van der Waals surface area contributed by atoms with E-state index in [1.165, 1.54) is 0 Å². The van der Waals surface area contributed by atoms with Crippen LogP contribution >= 0.6 is 11.6 Å². The number of carbonyl (C=O) groups excluding carboxylic acids is 1. The third-order valence-corrected chi connectivity index (χ3v) is 3.48. The van der Waals surface area contributed by atoms with Gasteiger partial charge in [0.15, 0.2) is 0 Å². The van der Waals surface area contributed by atoms with Crippen molar-refractivity contribution >= 4 is 17.5 Å². The fourth-order valence-corrected chi connectivity index (χ4v) is 2.50. The first-order valence-electron chi connectivity index (χ1n) is 6.53. The minimum Gasteiger partial charge on any atom is -0.350 e. The number of hydrogen-bond acceptors (Lipinski definition) is 3. The summed E-state index contributed by atoms with van der Waals surface area (Å²) in [6, 6.07) is 10.6. The van der Waals surface area contributed by atoms with Crippen molar-refractivity contribution in [2.45, 2.75) is 25.4 Å². The van der Waals surface area contributed by atoms with Crippen LogP contribution in [0.25, 0.3) is 0 Å². The monoisotopic (exact) mass is 302 g/mol. The van der Waals surface area contributed by atoms with Crippen LogP contribution in [0.1, 0.15) is 24.9 Å². The van der Waals surface area contributed by atoms with Gasteiger partial charge in [-0.1, -0.05) is 29.8 Å². The zero-order valence-corrected chi connectivity index (χ0v) is 12.3. The molecule has 0 saturated heterocycles. The second kappa shape index (κ2) is 6.91. The standard InChI is InChI=1S/C15H15ClN4O/c1-11(19-14(21)7-8-17)15(20-10-4-9-18-20)12-5-2-3-6-13(12)16/h2-6,9-11,15H,7H2,1H3,(H,19,21). The van der Waals surface area contributed by atoms with Crippen LogP contribution in [0.2, 0.25) is 5.02 Å². The molecule has 1 amide bonds. The number of nitrogens with zero attached hydrogens (tertiary/aromatic N) is 3. The maximum Gasteiger partial charge on any atom is 0.234 e. The SMILES string of the molecule is CC(NC(=O)CC#N)C(c1ccccc1Cl)n1cccn1. The maximum absolute atomic E-state index is 11.6. The number of rotatable bonds is 5. The highest BCUT2D eigenvalue weighted by molar-refractivity contribution is 6.31. The Kier molecular flexibility index (Phi) is 4.96. The molecule has 0 radical (unpaired) electrons. The molecule has 108 valence electrons. The van der Waals surface area contributed by atoms with E-state index >= 15 is 0 Å². The number of carbonyl (C=O) groups is 1. The number of amides is 1. The molecule has 0 saturated carbocycles. The highest BCUT2D eigenvalue weighted by Gasteiger charge is 2.24. The number of aromatic nitrogens is 2. The Morgan fingerprint density at radius 1 is 1.48 bits per heavy atom. The van der Waals surface area contributed by atoms with Crippen LogP contribution in [-0.2, 0) is 4.79 Å². The second-order valence-corrected chi connectivity index (χ2v) is 5.05. The molecule has 2 unspecified atom stereocenters. The van der Waals surface area contributed by atoms with Crippen LogP contribution in [0.15, 0.2) is 42.7 Å². The first-order chi connectivity index (χ1) is 10.1. The number of halogens is 1. The van der Waals surface area contributed by atoms with E-state index in [2.05, 4.69) is 10.4 Å². The van der Waals surface area contributed by atoms with Crippen molar-refractivity contribution in [2.24, 2.45) is 0 Å². The van der Waals surface area contributed by atoms with Crippen molar-refractivity contribution in [3.63, 3.8) is 0 Å². The van der Waals surface area contributed by atoms with Crippen molar-refractivity contribution in [3.05, 3.63) is 53.3 Å². The Balaban J connectivity index is 2.32. The lowest BCUT2D eigenvalue weighted by Gasteiger charge is -2.26. The summed E-state index contributed by atoms with van der Waals surface area (Å²) in [6.45, 7) is 1.87. The Bertz CT molecular complexity index is 648. The van der Waals surface area contributed by atoms with Gasteiger partial charge in [-0.3, -0.25) is 9.48 Å². The Hall–Kier alpha value is -2.32. The van der Waals surface area contributed by atoms with Crippen LogP contribution < -0.4 is 5.32 Å². The van der Waals surface area contributed by atoms with Crippen molar-refractivity contribution in [2.75, 3.05) is 0 Å². The normalized spacial score (nSPS) is 13.2. The molecule has 21 heavy (non-hydrogen) atoms. The lowest BCUT2D eigenvalue weighted by molar-refractivity contribution is -0.120. The summed E-state index contributed by atoms with van der Waals surface area (Å²) in [5.41, 5.74) is 0.868. The van der Waals surface area contributed by atoms with Gasteiger partial charge >= 0.3 is 0 Å². The van der Waals surface area contributed by atoms with Gasteiger partial charge < -0.3 is 5.32 Å². The second-order valence-electron chi connectivity index (χ2n) is 4.64. The fraction of sp³-hybridized carbons (Fsp3) is 0.267. The molecule has 1 aromatic heterocycles. The molecule has 0 fully saturated rings. The molecule has 0 bridgehead atoms. The molecule has 5 nitrogen and oxygen atoms in total. The average molecular weight is 303 g/mol. The average Bonchev–Trinajstić information content (AvgIpc) is 2.95. The summed E-state index contributed by atoms with van der Waals surface area (Å²) in [5.74, 6) is -0.311. The Labute approximate surface area is 128 Å². The molecular formula is C15H15ClN4O. The van der Waals surface area contributed by atoms with Crippen molar-refractivity contribution in [1.29, 1.82) is 5.26 Å². The summed E-state index contributed by atoms with van der Waals surface area (Å²) >= 11 is 6.27. The van der Waals surface area contributed by atoms with E-state index in [0.29, 0.717) is 5.02 Å². The van der Waals surface area contributed by atoms with Crippen LogP contribution in [-0.4, -0.2) is 21.7 Å². The molecule has 6 heteroatoms. The molecule has 2 atom stereocenters. The third kappa shape index (κ3) is 3.61. The van der Waals surface area contributed by atoms with E-state index in [1.54, 1.807) is 16.9 Å². The smallest absolute Gasteiger partial charge is 0.234 e. The molecule has 0 aliphatic heterocycles. The molecule has 0 spiro atoms. The van der Waals surface area contributed by atoms with Crippen LogP contribution in [0.3, 0.4) is 0 Å². The van der Waals surface area contributed by atoms with Gasteiger partial charge in [-0.15, -0.1) is 0 Å². The van der Waals surface area contributed by atoms with E-state index in [-0.39, 0.29) is 24.4 Å². The van der Waals surface area contributed by atoms with Crippen molar-refractivity contribution < 1.29 is 4.79 Å². The van der Waals surface area contributed by atoms with Gasteiger partial charge in [-0.2, -0.15) is 10.4 Å². The van der Waals surface area contributed by atoms with E-state index in [0.717, 1.165) is 5.56 Å². The first kappa shape index (κ1) is 15.1. The molecule has 0 aliphatic carbocycles. The molecular weight excluding hydrogens is 288 g/mol. The molecule has 2 rings (SSSR count). The van der Waals surface area contributed by atoms with Gasteiger partial charge in [0.1, 0.15) is 6.42 Å². The van der Waals surface area contributed by atoms with Crippen LogP contribution in [0.4, 0.5) is 0 Å². The number of hydrogen-bond donors (Lipinski definition) is 1. The summed E-state index contributed by atoms with van der Waals surface area (Å²) in [6.07, 6.45) is 3.33. The predicted octanol–water partition coefficient (Wildman–Crippen LogP) is 2.54. The van der Waals surface area contributed by atoms with E-state index in [4.69, 9.17) is 16.9 Å². The molecule has 2 aromatic rings.